The molecule has 3 N–H and O–H groups in total. The van der Waals surface area contributed by atoms with E-state index >= 15 is 0 Å². The molecule has 1 aromatic carbocycles. The third kappa shape index (κ3) is 3.23. The molecule has 1 aliphatic rings. The molecule has 8 nitrogen and oxygen atoms in total. The number of carbonyl (C=O) groups is 2. The van der Waals surface area contributed by atoms with Gasteiger partial charge in [0.1, 0.15) is 6.04 Å². The summed E-state index contributed by atoms with van der Waals surface area (Å²) in [7, 11) is 0. The lowest BCUT2D eigenvalue weighted by Gasteiger charge is -2.34. The zero-order valence-corrected chi connectivity index (χ0v) is 13.5. The van der Waals surface area contributed by atoms with Gasteiger partial charge in [-0.2, -0.15) is 0 Å². The molecule has 0 radical (unpaired) electrons. The zero-order chi connectivity index (χ0) is 18.1. The zero-order valence-electron chi connectivity index (χ0n) is 13.5. The SMILES string of the molecule is Cc1[nH]c(=O)[nH]c(=O)c1CC(=O)N1Cc2ccccc2C[C@@H]1C(=O)O. The molecule has 2 aromatic rings. The molecule has 0 spiro atoms. The Morgan fingerprint density at radius 3 is 2.52 bits per heavy atom. The number of benzene rings is 1. The molecule has 0 bridgehead atoms. The van der Waals surface area contributed by atoms with Crippen LogP contribution >= 0.6 is 0 Å². The van der Waals surface area contributed by atoms with Crippen molar-refractivity contribution in [3.8, 4) is 0 Å². The molecule has 0 saturated heterocycles. The molecule has 0 unspecified atom stereocenters. The molecular weight excluding hydrogens is 326 g/mol. The Morgan fingerprint density at radius 1 is 1.20 bits per heavy atom. The van der Waals surface area contributed by atoms with Gasteiger partial charge in [0.25, 0.3) is 5.56 Å². The lowest BCUT2D eigenvalue weighted by Crippen LogP contribution is -2.49. The summed E-state index contributed by atoms with van der Waals surface area (Å²) in [6, 6.07) is 6.39. The first-order valence-electron chi connectivity index (χ1n) is 7.78. The van der Waals surface area contributed by atoms with Crippen LogP contribution in [0.1, 0.15) is 22.4 Å². The van der Waals surface area contributed by atoms with E-state index in [-0.39, 0.29) is 24.9 Å². The number of fused-ring (bicyclic) bond motifs is 1. The number of aryl methyl sites for hydroxylation is 1. The van der Waals surface area contributed by atoms with E-state index in [4.69, 9.17) is 0 Å². The van der Waals surface area contributed by atoms with E-state index in [1.165, 1.54) is 11.8 Å². The molecule has 2 heterocycles. The Labute approximate surface area is 142 Å². The summed E-state index contributed by atoms with van der Waals surface area (Å²) in [6.45, 7) is 1.70. The van der Waals surface area contributed by atoms with Gasteiger partial charge in [0.15, 0.2) is 0 Å². The van der Waals surface area contributed by atoms with Crippen LogP contribution in [0.2, 0.25) is 0 Å². The Kier molecular flexibility index (Phi) is 4.26. The fourth-order valence-corrected chi connectivity index (χ4v) is 3.10. The Hall–Kier alpha value is -3.16. The van der Waals surface area contributed by atoms with Crippen LogP contribution in [0.5, 0.6) is 0 Å². The molecule has 1 aromatic heterocycles. The minimum Gasteiger partial charge on any atom is -0.480 e. The highest BCUT2D eigenvalue weighted by atomic mass is 16.4. The van der Waals surface area contributed by atoms with Crippen LogP contribution in [-0.2, 0) is 29.0 Å². The Balaban J connectivity index is 1.92. The molecule has 8 heteroatoms. The van der Waals surface area contributed by atoms with Crippen molar-refractivity contribution < 1.29 is 14.7 Å². The first kappa shape index (κ1) is 16.7. The van der Waals surface area contributed by atoms with Gasteiger partial charge < -0.3 is 15.0 Å². The largest absolute Gasteiger partial charge is 0.480 e. The summed E-state index contributed by atoms with van der Waals surface area (Å²) >= 11 is 0. The van der Waals surface area contributed by atoms with Gasteiger partial charge in [-0.1, -0.05) is 24.3 Å². The fourth-order valence-electron chi connectivity index (χ4n) is 3.10. The summed E-state index contributed by atoms with van der Waals surface area (Å²) < 4.78 is 0. The molecule has 1 aliphatic heterocycles. The highest BCUT2D eigenvalue weighted by molar-refractivity contribution is 5.85. The van der Waals surface area contributed by atoms with Gasteiger partial charge in [0.2, 0.25) is 5.91 Å². The molecule has 0 aliphatic carbocycles. The Bertz CT molecular complexity index is 959. The van der Waals surface area contributed by atoms with Crippen LogP contribution in [0.3, 0.4) is 0 Å². The van der Waals surface area contributed by atoms with Crippen molar-refractivity contribution in [1.82, 2.24) is 14.9 Å². The van der Waals surface area contributed by atoms with Gasteiger partial charge in [0.05, 0.1) is 6.42 Å². The first-order valence-corrected chi connectivity index (χ1v) is 7.78. The maximum atomic E-state index is 12.7. The molecule has 0 fully saturated rings. The van der Waals surface area contributed by atoms with Crippen LogP contribution < -0.4 is 11.2 Å². The van der Waals surface area contributed by atoms with Crippen molar-refractivity contribution in [2.45, 2.75) is 32.4 Å². The lowest BCUT2D eigenvalue weighted by molar-refractivity contribution is -0.151. The Morgan fingerprint density at radius 2 is 1.88 bits per heavy atom. The normalized spacial score (nSPS) is 16.4. The molecule has 0 saturated carbocycles. The van der Waals surface area contributed by atoms with E-state index in [9.17, 15) is 24.3 Å². The second kappa shape index (κ2) is 6.39. The van der Waals surface area contributed by atoms with E-state index in [0.29, 0.717) is 5.69 Å². The molecule has 1 amide bonds. The van der Waals surface area contributed by atoms with Gasteiger partial charge >= 0.3 is 11.7 Å². The maximum absolute atomic E-state index is 12.7. The quantitative estimate of drug-likeness (QED) is 0.721. The molecule has 130 valence electrons. The minimum absolute atomic E-state index is 0.132. The fraction of sp³-hybridized carbons (Fsp3) is 0.294. The standard InChI is InChI=1S/C17H17N3O5/c1-9-12(15(22)19-17(25)18-9)7-14(21)20-8-11-5-3-2-4-10(11)6-13(20)16(23)24/h2-5,13H,6-8H2,1H3,(H,23,24)(H2,18,19,22,25)/t13-/m1/s1. The topological polar surface area (TPSA) is 123 Å². The summed E-state index contributed by atoms with van der Waals surface area (Å²) in [4.78, 5) is 53.3. The van der Waals surface area contributed by atoms with Gasteiger partial charge in [-0.3, -0.25) is 14.6 Å². The van der Waals surface area contributed by atoms with E-state index in [2.05, 4.69) is 9.97 Å². The van der Waals surface area contributed by atoms with E-state index in [1.807, 2.05) is 24.3 Å². The number of rotatable bonds is 3. The highest BCUT2D eigenvalue weighted by Gasteiger charge is 2.34. The van der Waals surface area contributed by atoms with Crippen LogP contribution in [0, 0.1) is 6.92 Å². The third-order valence-corrected chi connectivity index (χ3v) is 4.44. The predicted molar refractivity (Wildman–Crippen MR) is 88.2 cm³/mol. The van der Waals surface area contributed by atoms with E-state index in [0.717, 1.165) is 11.1 Å². The van der Waals surface area contributed by atoms with Crippen molar-refractivity contribution in [1.29, 1.82) is 0 Å². The van der Waals surface area contributed by atoms with Gasteiger partial charge in [-0.15, -0.1) is 0 Å². The number of aromatic amines is 2. The van der Waals surface area contributed by atoms with Crippen LogP contribution in [0.4, 0.5) is 0 Å². The van der Waals surface area contributed by atoms with Crippen molar-refractivity contribution in [2.24, 2.45) is 0 Å². The van der Waals surface area contributed by atoms with Crippen molar-refractivity contribution in [3.05, 3.63) is 67.5 Å². The monoisotopic (exact) mass is 343 g/mol. The number of aliphatic carboxylic acids is 1. The van der Waals surface area contributed by atoms with Crippen molar-refractivity contribution in [2.75, 3.05) is 0 Å². The number of carbonyl (C=O) groups excluding carboxylic acids is 1. The number of carboxylic acid groups (broad SMARTS) is 1. The number of nitrogens with one attached hydrogen (secondary N) is 2. The van der Waals surface area contributed by atoms with E-state index in [1.54, 1.807) is 0 Å². The average molecular weight is 343 g/mol. The molecule has 1 atom stereocenters. The molecule has 25 heavy (non-hydrogen) atoms. The summed E-state index contributed by atoms with van der Waals surface area (Å²) in [6.07, 6.45) is -0.0535. The van der Waals surface area contributed by atoms with Gasteiger partial charge in [0, 0.05) is 24.2 Å². The second-order valence-corrected chi connectivity index (χ2v) is 6.04. The van der Waals surface area contributed by atoms with E-state index < -0.39 is 29.2 Å². The third-order valence-electron chi connectivity index (χ3n) is 4.44. The van der Waals surface area contributed by atoms with Crippen molar-refractivity contribution >= 4 is 11.9 Å². The van der Waals surface area contributed by atoms with Gasteiger partial charge in [-0.25, -0.2) is 9.59 Å². The number of carboxylic acids is 1. The maximum Gasteiger partial charge on any atom is 0.326 e. The molecular formula is C17H17N3O5. The predicted octanol–water partition coefficient (Wildman–Crippen LogP) is -0.0478. The van der Waals surface area contributed by atoms with Crippen molar-refractivity contribution in [3.63, 3.8) is 0 Å². The first-order chi connectivity index (χ1) is 11.9. The molecule has 3 rings (SSSR count). The summed E-state index contributed by atoms with van der Waals surface area (Å²) in [5.74, 6) is -1.56. The summed E-state index contributed by atoms with van der Waals surface area (Å²) in [5, 5.41) is 9.49. The number of hydrogen-bond donors (Lipinski definition) is 3. The number of H-pyrrole nitrogens is 2. The number of nitrogens with zero attached hydrogens (tertiary/aromatic N) is 1. The summed E-state index contributed by atoms with van der Waals surface area (Å²) in [5.41, 5.74) is 0.935. The van der Waals surface area contributed by atoms with Crippen LogP contribution in [-0.4, -0.2) is 37.9 Å². The minimum atomic E-state index is -1.09. The number of aromatic nitrogens is 2. The number of amides is 1. The van der Waals surface area contributed by atoms with Crippen LogP contribution in [0.15, 0.2) is 33.9 Å². The van der Waals surface area contributed by atoms with Gasteiger partial charge in [-0.05, 0) is 18.1 Å². The highest BCUT2D eigenvalue weighted by Crippen LogP contribution is 2.24. The average Bonchev–Trinajstić information content (AvgIpc) is 2.56. The van der Waals surface area contributed by atoms with Crippen LogP contribution in [0.25, 0.3) is 0 Å². The lowest BCUT2D eigenvalue weighted by atomic mass is 9.93. The smallest absolute Gasteiger partial charge is 0.326 e. The number of hydrogen-bond acceptors (Lipinski definition) is 4. The second-order valence-electron chi connectivity index (χ2n) is 6.04.